The Morgan fingerprint density at radius 3 is 2.60 bits per heavy atom. The Morgan fingerprint density at radius 1 is 1.20 bits per heavy atom. The minimum Gasteiger partial charge on any atom is -0.336 e. The Labute approximate surface area is 98.9 Å². The summed E-state index contributed by atoms with van der Waals surface area (Å²) in [7, 11) is 2.05. The third kappa shape index (κ3) is 2.33. The Kier molecular flexibility index (Phi) is 2.98. The maximum atomic E-state index is 5.96. The van der Waals surface area contributed by atoms with E-state index in [-0.39, 0.29) is 0 Å². The van der Waals surface area contributed by atoms with Crippen LogP contribution in [-0.4, -0.2) is 7.05 Å². The summed E-state index contributed by atoms with van der Waals surface area (Å²) in [5, 5.41) is 2.00. The molecule has 0 radical (unpaired) electrons. The van der Waals surface area contributed by atoms with E-state index in [2.05, 4.69) is 37.1 Å². The Bertz CT molecular complexity index is 464. The molecule has 0 N–H and O–H groups in total. The average Bonchev–Trinajstić information content (AvgIpc) is 2.64. The first-order valence-corrected chi connectivity index (χ1v) is 5.92. The molecule has 0 saturated carbocycles. The number of aryl methyl sites for hydroxylation is 1. The molecule has 15 heavy (non-hydrogen) atoms. The number of thiophene rings is 1. The lowest BCUT2D eigenvalue weighted by Gasteiger charge is -2.17. The molecule has 1 nitrogen and oxygen atoms in total. The van der Waals surface area contributed by atoms with Gasteiger partial charge in [-0.25, -0.2) is 0 Å². The first-order valence-electron chi connectivity index (χ1n) is 4.72. The Balaban J connectivity index is 2.32. The number of hydrogen-bond donors (Lipinski definition) is 0. The number of rotatable bonds is 2. The molecule has 0 unspecified atom stereocenters. The molecular weight excluding hydrogens is 226 g/mol. The summed E-state index contributed by atoms with van der Waals surface area (Å²) in [5.74, 6) is 0. The van der Waals surface area contributed by atoms with Crippen LogP contribution in [0.1, 0.15) is 4.88 Å². The zero-order chi connectivity index (χ0) is 10.8. The summed E-state index contributed by atoms with van der Waals surface area (Å²) in [4.78, 5) is 3.46. The molecule has 0 saturated heterocycles. The second kappa shape index (κ2) is 4.25. The van der Waals surface area contributed by atoms with E-state index in [4.69, 9.17) is 11.6 Å². The molecule has 2 rings (SSSR count). The average molecular weight is 238 g/mol. The first-order chi connectivity index (χ1) is 7.16. The third-order valence-corrected chi connectivity index (χ3v) is 3.56. The molecule has 0 amide bonds. The normalized spacial score (nSPS) is 10.3. The van der Waals surface area contributed by atoms with E-state index >= 15 is 0 Å². The van der Waals surface area contributed by atoms with Crippen LogP contribution in [0.5, 0.6) is 0 Å². The van der Waals surface area contributed by atoms with Crippen LogP contribution < -0.4 is 4.90 Å². The number of nitrogens with zero attached hydrogens (tertiary/aromatic N) is 1. The van der Waals surface area contributed by atoms with Gasteiger partial charge in [0.15, 0.2) is 0 Å². The van der Waals surface area contributed by atoms with Crippen molar-refractivity contribution in [2.45, 2.75) is 6.92 Å². The minimum atomic E-state index is 0.771. The van der Waals surface area contributed by atoms with Crippen molar-refractivity contribution in [2.24, 2.45) is 0 Å². The summed E-state index contributed by atoms with van der Waals surface area (Å²) in [6.07, 6.45) is 0. The van der Waals surface area contributed by atoms with E-state index < -0.39 is 0 Å². The quantitative estimate of drug-likeness (QED) is 0.745. The van der Waals surface area contributed by atoms with Crippen molar-refractivity contribution >= 4 is 33.6 Å². The van der Waals surface area contributed by atoms with E-state index in [1.54, 1.807) is 11.3 Å². The standard InChI is InChI=1S/C12H12ClNS/c1-9-6-7-12(15-9)14(2)11-5-3-4-10(13)8-11/h3-8H,1-2H3. The number of halogens is 1. The first kappa shape index (κ1) is 10.5. The zero-order valence-electron chi connectivity index (χ0n) is 8.70. The van der Waals surface area contributed by atoms with E-state index in [9.17, 15) is 0 Å². The van der Waals surface area contributed by atoms with E-state index in [0.29, 0.717) is 0 Å². The summed E-state index contributed by atoms with van der Waals surface area (Å²) in [5.41, 5.74) is 1.12. The number of anilines is 2. The van der Waals surface area contributed by atoms with Gasteiger partial charge in [-0.3, -0.25) is 0 Å². The molecule has 0 aliphatic rings. The van der Waals surface area contributed by atoms with Crippen LogP contribution in [0.25, 0.3) is 0 Å². The van der Waals surface area contributed by atoms with E-state index in [1.165, 1.54) is 9.88 Å². The van der Waals surface area contributed by atoms with Crippen molar-refractivity contribution in [2.75, 3.05) is 11.9 Å². The van der Waals surface area contributed by atoms with Crippen molar-refractivity contribution in [1.29, 1.82) is 0 Å². The summed E-state index contributed by atoms with van der Waals surface area (Å²) >= 11 is 7.74. The molecule has 0 aliphatic carbocycles. The van der Waals surface area contributed by atoms with Crippen LogP contribution in [0, 0.1) is 6.92 Å². The monoisotopic (exact) mass is 237 g/mol. The zero-order valence-corrected chi connectivity index (χ0v) is 10.3. The summed E-state index contributed by atoms with van der Waals surface area (Å²) in [6, 6.07) is 12.1. The van der Waals surface area contributed by atoms with Crippen LogP contribution in [0.15, 0.2) is 36.4 Å². The second-order valence-corrected chi connectivity index (χ2v) is 5.13. The van der Waals surface area contributed by atoms with Crippen LogP contribution in [0.2, 0.25) is 5.02 Å². The lowest BCUT2D eigenvalue weighted by molar-refractivity contribution is 1.24. The number of hydrogen-bond acceptors (Lipinski definition) is 2. The van der Waals surface area contributed by atoms with Gasteiger partial charge in [-0.1, -0.05) is 17.7 Å². The van der Waals surface area contributed by atoms with Gasteiger partial charge in [-0.05, 0) is 37.3 Å². The summed E-state index contributed by atoms with van der Waals surface area (Å²) in [6.45, 7) is 2.11. The summed E-state index contributed by atoms with van der Waals surface area (Å²) < 4.78 is 0. The van der Waals surface area contributed by atoms with Crippen LogP contribution >= 0.6 is 22.9 Å². The minimum absolute atomic E-state index is 0.771. The van der Waals surface area contributed by atoms with Gasteiger partial charge in [0, 0.05) is 22.6 Å². The van der Waals surface area contributed by atoms with Crippen LogP contribution in [0.4, 0.5) is 10.7 Å². The van der Waals surface area contributed by atoms with Crippen molar-refractivity contribution in [3.63, 3.8) is 0 Å². The highest BCUT2D eigenvalue weighted by molar-refractivity contribution is 7.16. The highest BCUT2D eigenvalue weighted by atomic mass is 35.5. The molecule has 0 spiro atoms. The highest BCUT2D eigenvalue weighted by Gasteiger charge is 2.05. The molecule has 78 valence electrons. The van der Waals surface area contributed by atoms with Gasteiger partial charge >= 0.3 is 0 Å². The number of benzene rings is 1. The second-order valence-electron chi connectivity index (χ2n) is 3.42. The molecule has 0 fully saturated rings. The van der Waals surface area contributed by atoms with Crippen molar-refractivity contribution in [1.82, 2.24) is 0 Å². The van der Waals surface area contributed by atoms with E-state index in [0.717, 1.165) is 10.7 Å². The van der Waals surface area contributed by atoms with Gasteiger partial charge in [0.2, 0.25) is 0 Å². The Hall–Kier alpha value is -0.990. The van der Waals surface area contributed by atoms with Crippen molar-refractivity contribution < 1.29 is 0 Å². The van der Waals surface area contributed by atoms with Crippen molar-refractivity contribution in [3.05, 3.63) is 46.3 Å². The third-order valence-electron chi connectivity index (χ3n) is 2.25. The molecule has 3 heteroatoms. The van der Waals surface area contributed by atoms with Gasteiger partial charge in [-0.2, -0.15) is 0 Å². The molecule has 0 bridgehead atoms. The van der Waals surface area contributed by atoms with Crippen molar-refractivity contribution in [3.8, 4) is 0 Å². The van der Waals surface area contributed by atoms with E-state index in [1.807, 2.05) is 18.2 Å². The fourth-order valence-electron chi connectivity index (χ4n) is 1.41. The maximum absolute atomic E-state index is 5.96. The maximum Gasteiger partial charge on any atom is 0.0953 e. The van der Waals surface area contributed by atoms with Gasteiger partial charge in [-0.15, -0.1) is 11.3 Å². The SMILES string of the molecule is Cc1ccc(N(C)c2cccc(Cl)c2)s1. The largest absolute Gasteiger partial charge is 0.336 e. The van der Waals surface area contributed by atoms with Gasteiger partial charge < -0.3 is 4.90 Å². The Morgan fingerprint density at radius 2 is 2.00 bits per heavy atom. The molecular formula is C12H12ClNS. The van der Waals surface area contributed by atoms with Crippen LogP contribution in [0.3, 0.4) is 0 Å². The molecule has 1 aromatic heterocycles. The lowest BCUT2D eigenvalue weighted by atomic mass is 10.3. The van der Waals surface area contributed by atoms with Gasteiger partial charge in [0.1, 0.15) is 0 Å². The van der Waals surface area contributed by atoms with Crippen LogP contribution in [-0.2, 0) is 0 Å². The fourth-order valence-corrected chi connectivity index (χ4v) is 2.44. The van der Waals surface area contributed by atoms with Gasteiger partial charge in [0.25, 0.3) is 0 Å². The topological polar surface area (TPSA) is 3.24 Å². The smallest absolute Gasteiger partial charge is 0.0953 e. The molecule has 1 aromatic carbocycles. The fraction of sp³-hybridized carbons (Fsp3) is 0.167. The molecule has 2 aromatic rings. The molecule has 1 heterocycles. The predicted octanol–water partition coefficient (Wildman–Crippen LogP) is 4.48. The predicted molar refractivity (Wildman–Crippen MR) is 68.6 cm³/mol. The molecule has 0 atom stereocenters. The van der Waals surface area contributed by atoms with Gasteiger partial charge in [0.05, 0.1) is 5.00 Å². The highest BCUT2D eigenvalue weighted by Crippen LogP contribution is 2.31. The molecule has 0 aliphatic heterocycles. The lowest BCUT2D eigenvalue weighted by Crippen LogP contribution is -2.07.